The molecule has 0 saturated heterocycles. The van der Waals surface area contributed by atoms with Crippen LogP contribution in [-0.2, 0) is 16.0 Å². The predicted octanol–water partition coefficient (Wildman–Crippen LogP) is 1.48. The third-order valence-corrected chi connectivity index (χ3v) is 3.73. The molecule has 1 atom stereocenters. The molecule has 0 aliphatic heterocycles. The van der Waals surface area contributed by atoms with Gasteiger partial charge in [0.15, 0.2) is 0 Å². The number of anilines is 1. The standard InChI is InChI=1S/C19H21N3O4/c1-12(23)21-16-6-4-3-5-15(16)19(25)22-17(18(20)24)11-13-7-9-14(26-2)10-8-13/h3-10,17H,11H2,1-2H3,(H2,20,24)(H,21,23)(H,22,25)/t17-/m1/s1. The summed E-state index contributed by atoms with van der Waals surface area (Å²) in [6.45, 7) is 1.35. The monoisotopic (exact) mass is 355 g/mol. The SMILES string of the molecule is COc1ccc(C[C@@H](NC(=O)c2ccccc2NC(C)=O)C(N)=O)cc1. The molecule has 0 aliphatic rings. The zero-order chi connectivity index (χ0) is 19.1. The highest BCUT2D eigenvalue weighted by Gasteiger charge is 2.21. The molecule has 2 aromatic carbocycles. The summed E-state index contributed by atoms with van der Waals surface area (Å²) in [5.41, 5.74) is 6.88. The summed E-state index contributed by atoms with van der Waals surface area (Å²) in [5.74, 6) is -0.745. The third-order valence-electron chi connectivity index (χ3n) is 3.73. The van der Waals surface area contributed by atoms with E-state index < -0.39 is 17.9 Å². The minimum absolute atomic E-state index is 0.243. The molecule has 0 aromatic heterocycles. The second kappa shape index (κ2) is 8.66. The van der Waals surface area contributed by atoms with Crippen LogP contribution in [0.15, 0.2) is 48.5 Å². The molecule has 2 aromatic rings. The van der Waals surface area contributed by atoms with Crippen molar-refractivity contribution >= 4 is 23.4 Å². The number of nitrogens with two attached hydrogens (primary N) is 1. The van der Waals surface area contributed by atoms with E-state index in [0.29, 0.717) is 11.4 Å². The molecule has 0 radical (unpaired) electrons. The molecule has 4 N–H and O–H groups in total. The fourth-order valence-electron chi connectivity index (χ4n) is 2.44. The van der Waals surface area contributed by atoms with Gasteiger partial charge in [-0.05, 0) is 29.8 Å². The van der Waals surface area contributed by atoms with Crippen molar-refractivity contribution < 1.29 is 19.1 Å². The van der Waals surface area contributed by atoms with Gasteiger partial charge in [-0.3, -0.25) is 14.4 Å². The van der Waals surface area contributed by atoms with Crippen LogP contribution < -0.4 is 21.1 Å². The lowest BCUT2D eigenvalue weighted by Crippen LogP contribution is -2.46. The van der Waals surface area contributed by atoms with Crippen LogP contribution in [0.1, 0.15) is 22.8 Å². The van der Waals surface area contributed by atoms with E-state index in [9.17, 15) is 14.4 Å². The summed E-state index contributed by atoms with van der Waals surface area (Å²) in [7, 11) is 1.56. The topological polar surface area (TPSA) is 111 Å². The van der Waals surface area contributed by atoms with Crippen LogP contribution in [0.4, 0.5) is 5.69 Å². The summed E-state index contributed by atoms with van der Waals surface area (Å²) in [6, 6.07) is 12.8. The number of nitrogens with one attached hydrogen (secondary N) is 2. The highest BCUT2D eigenvalue weighted by Crippen LogP contribution is 2.16. The Morgan fingerprint density at radius 2 is 1.73 bits per heavy atom. The molecule has 0 aliphatic carbocycles. The van der Waals surface area contributed by atoms with Gasteiger partial charge in [0.05, 0.1) is 18.4 Å². The molecule has 0 heterocycles. The van der Waals surface area contributed by atoms with Crippen molar-refractivity contribution in [2.45, 2.75) is 19.4 Å². The van der Waals surface area contributed by atoms with Gasteiger partial charge in [-0.25, -0.2) is 0 Å². The van der Waals surface area contributed by atoms with Gasteiger partial charge in [0.2, 0.25) is 11.8 Å². The van der Waals surface area contributed by atoms with Crippen molar-refractivity contribution in [3.05, 3.63) is 59.7 Å². The molecular formula is C19H21N3O4. The molecule has 0 spiro atoms. The van der Waals surface area contributed by atoms with Gasteiger partial charge in [-0.1, -0.05) is 24.3 Å². The zero-order valence-corrected chi connectivity index (χ0v) is 14.6. The number of rotatable bonds is 7. The van der Waals surface area contributed by atoms with Gasteiger partial charge >= 0.3 is 0 Å². The van der Waals surface area contributed by atoms with E-state index in [1.54, 1.807) is 55.6 Å². The Morgan fingerprint density at radius 1 is 1.08 bits per heavy atom. The number of amides is 3. The lowest BCUT2D eigenvalue weighted by Gasteiger charge is -2.17. The molecule has 7 heteroatoms. The lowest BCUT2D eigenvalue weighted by molar-refractivity contribution is -0.119. The zero-order valence-electron chi connectivity index (χ0n) is 14.6. The average Bonchev–Trinajstić information content (AvgIpc) is 2.61. The molecule has 3 amide bonds. The Morgan fingerprint density at radius 3 is 2.31 bits per heavy atom. The predicted molar refractivity (Wildman–Crippen MR) is 97.9 cm³/mol. The Hall–Kier alpha value is -3.35. The van der Waals surface area contributed by atoms with Crippen LogP contribution in [0.2, 0.25) is 0 Å². The number of hydrogen-bond donors (Lipinski definition) is 3. The van der Waals surface area contributed by atoms with Crippen molar-refractivity contribution in [3.63, 3.8) is 0 Å². The van der Waals surface area contributed by atoms with E-state index in [1.165, 1.54) is 6.92 Å². The van der Waals surface area contributed by atoms with Crippen LogP contribution >= 0.6 is 0 Å². The first kappa shape index (κ1) is 19.0. The second-order valence-electron chi connectivity index (χ2n) is 5.71. The second-order valence-corrected chi connectivity index (χ2v) is 5.71. The summed E-state index contributed by atoms with van der Waals surface area (Å²) in [5, 5.41) is 5.22. The molecule has 0 bridgehead atoms. The first-order valence-electron chi connectivity index (χ1n) is 8.00. The largest absolute Gasteiger partial charge is 0.497 e. The van der Waals surface area contributed by atoms with E-state index in [-0.39, 0.29) is 17.9 Å². The van der Waals surface area contributed by atoms with Crippen LogP contribution in [0.3, 0.4) is 0 Å². The van der Waals surface area contributed by atoms with Gasteiger partial charge in [-0.2, -0.15) is 0 Å². The van der Waals surface area contributed by atoms with Crippen LogP contribution in [0, 0.1) is 0 Å². The number of primary amides is 1. The molecule has 0 saturated carbocycles. The molecule has 136 valence electrons. The summed E-state index contributed by atoms with van der Waals surface area (Å²) >= 11 is 0. The lowest BCUT2D eigenvalue weighted by atomic mass is 10.0. The maximum absolute atomic E-state index is 12.6. The average molecular weight is 355 g/mol. The molecular weight excluding hydrogens is 334 g/mol. The highest BCUT2D eigenvalue weighted by atomic mass is 16.5. The Bertz CT molecular complexity index is 803. The molecule has 0 unspecified atom stereocenters. The van der Waals surface area contributed by atoms with Crippen molar-refractivity contribution in [2.75, 3.05) is 12.4 Å². The van der Waals surface area contributed by atoms with E-state index in [1.807, 2.05) is 0 Å². The van der Waals surface area contributed by atoms with Gasteiger partial charge in [0.25, 0.3) is 5.91 Å². The van der Waals surface area contributed by atoms with E-state index >= 15 is 0 Å². The number of methoxy groups -OCH3 is 1. The van der Waals surface area contributed by atoms with Crippen molar-refractivity contribution in [2.24, 2.45) is 5.73 Å². The number of carbonyl (C=O) groups is 3. The first-order valence-corrected chi connectivity index (χ1v) is 8.00. The van der Waals surface area contributed by atoms with E-state index in [0.717, 1.165) is 5.56 Å². The molecule has 7 nitrogen and oxygen atoms in total. The summed E-state index contributed by atoms with van der Waals surface area (Å²) < 4.78 is 5.09. The molecule has 26 heavy (non-hydrogen) atoms. The van der Waals surface area contributed by atoms with E-state index in [2.05, 4.69) is 10.6 Å². The first-order chi connectivity index (χ1) is 12.4. The summed E-state index contributed by atoms with van der Waals surface area (Å²) in [4.78, 5) is 35.6. The van der Waals surface area contributed by atoms with Gasteiger partial charge < -0.3 is 21.1 Å². The number of ether oxygens (including phenoxy) is 1. The van der Waals surface area contributed by atoms with Crippen LogP contribution in [-0.4, -0.2) is 30.9 Å². The van der Waals surface area contributed by atoms with Crippen molar-refractivity contribution in [3.8, 4) is 5.75 Å². The fourth-order valence-corrected chi connectivity index (χ4v) is 2.44. The van der Waals surface area contributed by atoms with Crippen LogP contribution in [0.5, 0.6) is 5.75 Å². The number of carbonyl (C=O) groups excluding carboxylic acids is 3. The number of benzene rings is 2. The minimum Gasteiger partial charge on any atom is -0.497 e. The normalized spacial score (nSPS) is 11.3. The van der Waals surface area contributed by atoms with Crippen molar-refractivity contribution in [1.82, 2.24) is 5.32 Å². The van der Waals surface area contributed by atoms with Gasteiger partial charge in [0, 0.05) is 13.3 Å². The Kier molecular flexibility index (Phi) is 6.32. The molecule has 2 rings (SSSR count). The highest BCUT2D eigenvalue weighted by molar-refractivity contribution is 6.04. The third kappa shape index (κ3) is 5.07. The fraction of sp³-hybridized carbons (Fsp3) is 0.211. The maximum Gasteiger partial charge on any atom is 0.254 e. The maximum atomic E-state index is 12.6. The smallest absolute Gasteiger partial charge is 0.254 e. The number of hydrogen-bond acceptors (Lipinski definition) is 4. The number of para-hydroxylation sites is 1. The molecule has 0 fully saturated rings. The Labute approximate surface area is 151 Å². The van der Waals surface area contributed by atoms with E-state index in [4.69, 9.17) is 10.5 Å². The van der Waals surface area contributed by atoms with Gasteiger partial charge in [0.1, 0.15) is 11.8 Å². The Balaban J connectivity index is 2.15. The van der Waals surface area contributed by atoms with Crippen molar-refractivity contribution in [1.29, 1.82) is 0 Å². The summed E-state index contributed by atoms with van der Waals surface area (Å²) in [6.07, 6.45) is 0.243. The minimum atomic E-state index is -0.888. The van der Waals surface area contributed by atoms with Crippen LogP contribution in [0.25, 0.3) is 0 Å². The quantitative estimate of drug-likeness (QED) is 0.698. The van der Waals surface area contributed by atoms with Gasteiger partial charge in [-0.15, -0.1) is 0 Å².